The molecule has 2 nitrogen and oxygen atoms in total. The summed E-state index contributed by atoms with van der Waals surface area (Å²) in [5.41, 5.74) is 3.35. The molecule has 0 aromatic heterocycles. The monoisotopic (exact) mass is 188 g/mol. The second-order valence-electron chi connectivity index (χ2n) is 3.33. The molecular formula is C12H12O2. The van der Waals surface area contributed by atoms with E-state index in [-0.39, 0.29) is 5.97 Å². The van der Waals surface area contributed by atoms with Gasteiger partial charge in [-0.3, -0.25) is 0 Å². The fourth-order valence-electron chi connectivity index (χ4n) is 1.50. The number of hydrogen-bond donors (Lipinski definition) is 0. The summed E-state index contributed by atoms with van der Waals surface area (Å²) in [6, 6.07) is 8.23. The normalized spacial score (nSPS) is 15.2. The van der Waals surface area contributed by atoms with Crippen molar-refractivity contribution in [2.75, 3.05) is 6.61 Å². The van der Waals surface area contributed by atoms with E-state index >= 15 is 0 Å². The minimum absolute atomic E-state index is 0.237. The number of cyclic esters (lactones) is 1. The fraction of sp³-hybridized carbons (Fsp3) is 0.250. The van der Waals surface area contributed by atoms with Crippen LogP contribution < -0.4 is 0 Å². The van der Waals surface area contributed by atoms with Crippen LogP contribution >= 0.6 is 0 Å². The average Bonchev–Trinajstić information content (AvgIpc) is 2.65. The van der Waals surface area contributed by atoms with Crippen molar-refractivity contribution in [1.82, 2.24) is 0 Å². The van der Waals surface area contributed by atoms with Gasteiger partial charge in [0.25, 0.3) is 0 Å². The fourth-order valence-corrected chi connectivity index (χ4v) is 1.50. The maximum Gasteiger partial charge on any atom is 0.331 e. The van der Waals surface area contributed by atoms with Crippen LogP contribution in [0.25, 0.3) is 5.57 Å². The summed E-state index contributed by atoms with van der Waals surface area (Å²) in [6.45, 7) is 2.53. The lowest BCUT2D eigenvalue weighted by Crippen LogP contribution is -1.91. The van der Waals surface area contributed by atoms with Gasteiger partial charge in [0.2, 0.25) is 0 Å². The SMILES string of the molecule is CCc1ccc(C2=CC(=O)OC2)cc1. The first-order chi connectivity index (χ1) is 6.79. The summed E-state index contributed by atoms with van der Waals surface area (Å²) in [4.78, 5) is 10.9. The molecule has 0 radical (unpaired) electrons. The Morgan fingerprint density at radius 2 is 2.00 bits per heavy atom. The second-order valence-corrected chi connectivity index (χ2v) is 3.33. The van der Waals surface area contributed by atoms with Gasteiger partial charge in [0, 0.05) is 11.6 Å². The van der Waals surface area contributed by atoms with Crippen molar-refractivity contribution in [2.45, 2.75) is 13.3 Å². The molecule has 14 heavy (non-hydrogen) atoms. The Labute approximate surface area is 83.2 Å². The number of hydrogen-bond acceptors (Lipinski definition) is 2. The zero-order valence-corrected chi connectivity index (χ0v) is 8.12. The van der Waals surface area contributed by atoms with E-state index in [4.69, 9.17) is 4.74 Å². The first kappa shape index (κ1) is 9.00. The molecule has 0 spiro atoms. The summed E-state index contributed by atoms with van der Waals surface area (Å²) in [5.74, 6) is -0.237. The van der Waals surface area contributed by atoms with Crippen molar-refractivity contribution in [3.05, 3.63) is 41.5 Å². The van der Waals surface area contributed by atoms with Crippen LogP contribution in [0.1, 0.15) is 18.1 Å². The van der Waals surface area contributed by atoms with E-state index in [9.17, 15) is 4.79 Å². The van der Waals surface area contributed by atoms with Crippen LogP contribution in [-0.2, 0) is 16.0 Å². The van der Waals surface area contributed by atoms with Gasteiger partial charge in [-0.25, -0.2) is 4.79 Å². The zero-order chi connectivity index (χ0) is 9.97. The van der Waals surface area contributed by atoms with Gasteiger partial charge in [0.15, 0.2) is 0 Å². The Balaban J connectivity index is 2.25. The smallest absolute Gasteiger partial charge is 0.331 e. The van der Waals surface area contributed by atoms with Crippen LogP contribution in [0, 0.1) is 0 Å². The van der Waals surface area contributed by atoms with Crippen molar-refractivity contribution in [3.8, 4) is 0 Å². The van der Waals surface area contributed by atoms with E-state index in [1.54, 1.807) is 6.08 Å². The molecule has 0 saturated heterocycles. The molecule has 0 bridgehead atoms. The number of benzene rings is 1. The predicted octanol–water partition coefficient (Wildman–Crippen LogP) is 2.19. The van der Waals surface area contributed by atoms with Gasteiger partial charge in [0.05, 0.1) is 0 Å². The van der Waals surface area contributed by atoms with E-state index in [0.29, 0.717) is 6.61 Å². The highest BCUT2D eigenvalue weighted by atomic mass is 16.5. The molecule has 0 amide bonds. The van der Waals surface area contributed by atoms with Gasteiger partial charge >= 0.3 is 5.97 Å². The number of ether oxygens (including phenoxy) is 1. The lowest BCUT2D eigenvalue weighted by molar-refractivity contribution is -0.134. The molecule has 1 aromatic carbocycles. The van der Waals surface area contributed by atoms with Crippen molar-refractivity contribution in [1.29, 1.82) is 0 Å². The first-order valence-electron chi connectivity index (χ1n) is 4.76. The molecule has 2 heteroatoms. The first-order valence-corrected chi connectivity index (χ1v) is 4.76. The largest absolute Gasteiger partial charge is 0.458 e. The third-order valence-corrected chi connectivity index (χ3v) is 2.39. The van der Waals surface area contributed by atoms with Crippen LogP contribution in [0.2, 0.25) is 0 Å². The van der Waals surface area contributed by atoms with Crippen LogP contribution in [0.15, 0.2) is 30.3 Å². The number of rotatable bonds is 2. The maximum atomic E-state index is 10.9. The van der Waals surface area contributed by atoms with E-state index < -0.39 is 0 Å². The zero-order valence-electron chi connectivity index (χ0n) is 8.12. The summed E-state index contributed by atoms with van der Waals surface area (Å²) < 4.78 is 4.84. The number of esters is 1. The quantitative estimate of drug-likeness (QED) is 0.665. The molecule has 0 N–H and O–H groups in total. The van der Waals surface area contributed by atoms with Gasteiger partial charge < -0.3 is 4.74 Å². The lowest BCUT2D eigenvalue weighted by Gasteiger charge is -2.01. The molecule has 1 aliphatic rings. The molecule has 2 rings (SSSR count). The van der Waals surface area contributed by atoms with Gasteiger partial charge in [-0.1, -0.05) is 31.2 Å². The van der Waals surface area contributed by atoms with Crippen LogP contribution in [-0.4, -0.2) is 12.6 Å². The Hall–Kier alpha value is -1.57. The molecule has 0 atom stereocenters. The summed E-state index contributed by atoms with van der Waals surface area (Å²) in [7, 11) is 0. The molecule has 1 aromatic rings. The minimum Gasteiger partial charge on any atom is -0.458 e. The number of aryl methyl sites for hydroxylation is 1. The van der Waals surface area contributed by atoms with Crippen LogP contribution in [0.4, 0.5) is 0 Å². The highest BCUT2D eigenvalue weighted by Gasteiger charge is 2.13. The molecule has 0 unspecified atom stereocenters. The van der Waals surface area contributed by atoms with Gasteiger partial charge in [0.1, 0.15) is 6.61 Å². The Morgan fingerprint density at radius 3 is 2.50 bits per heavy atom. The molecule has 1 aliphatic heterocycles. The van der Waals surface area contributed by atoms with Crippen molar-refractivity contribution >= 4 is 11.5 Å². The minimum atomic E-state index is -0.237. The van der Waals surface area contributed by atoms with Gasteiger partial charge in [-0.15, -0.1) is 0 Å². The molecule has 0 fully saturated rings. The molecule has 0 aliphatic carbocycles. The van der Waals surface area contributed by atoms with Gasteiger partial charge in [-0.05, 0) is 17.5 Å². The highest BCUT2D eigenvalue weighted by Crippen LogP contribution is 2.19. The Kier molecular flexibility index (Phi) is 2.35. The third-order valence-electron chi connectivity index (χ3n) is 2.39. The summed E-state index contributed by atoms with van der Waals surface area (Å²) in [5, 5.41) is 0. The molecule has 72 valence electrons. The van der Waals surface area contributed by atoms with Gasteiger partial charge in [-0.2, -0.15) is 0 Å². The highest BCUT2D eigenvalue weighted by molar-refractivity contribution is 5.95. The molecular weight excluding hydrogens is 176 g/mol. The Morgan fingerprint density at radius 1 is 1.29 bits per heavy atom. The Bertz CT molecular complexity index is 374. The van der Waals surface area contributed by atoms with Crippen molar-refractivity contribution in [2.24, 2.45) is 0 Å². The third kappa shape index (κ3) is 1.69. The van der Waals surface area contributed by atoms with E-state index in [2.05, 4.69) is 19.1 Å². The molecule has 0 saturated carbocycles. The van der Waals surface area contributed by atoms with Crippen LogP contribution in [0.3, 0.4) is 0 Å². The van der Waals surface area contributed by atoms with E-state index in [0.717, 1.165) is 17.6 Å². The standard InChI is InChI=1S/C12H12O2/c1-2-9-3-5-10(6-4-9)11-7-12(13)14-8-11/h3-7H,2,8H2,1H3. The lowest BCUT2D eigenvalue weighted by atomic mass is 10.0. The van der Waals surface area contributed by atoms with Crippen molar-refractivity contribution in [3.63, 3.8) is 0 Å². The van der Waals surface area contributed by atoms with E-state index in [1.807, 2.05) is 12.1 Å². The molecule has 1 heterocycles. The maximum absolute atomic E-state index is 10.9. The topological polar surface area (TPSA) is 26.3 Å². The van der Waals surface area contributed by atoms with Crippen LogP contribution in [0.5, 0.6) is 0 Å². The second kappa shape index (κ2) is 3.66. The summed E-state index contributed by atoms with van der Waals surface area (Å²) in [6.07, 6.45) is 2.59. The average molecular weight is 188 g/mol. The number of carbonyl (C=O) groups is 1. The van der Waals surface area contributed by atoms with E-state index in [1.165, 1.54) is 5.56 Å². The van der Waals surface area contributed by atoms with Crippen molar-refractivity contribution < 1.29 is 9.53 Å². The number of carbonyl (C=O) groups excluding carboxylic acids is 1. The summed E-state index contributed by atoms with van der Waals surface area (Å²) >= 11 is 0. The predicted molar refractivity (Wildman–Crippen MR) is 54.8 cm³/mol.